The molecule has 0 aliphatic heterocycles. The highest BCUT2D eigenvalue weighted by atomic mass is 32.2. The molecule has 0 fully saturated rings. The Bertz CT molecular complexity index is 1200. The Labute approximate surface area is 213 Å². The highest BCUT2D eigenvalue weighted by Crippen LogP contribution is 2.33. The van der Waals surface area contributed by atoms with Crippen molar-refractivity contribution in [1.82, 2.24) is 5.48 Å². The molecule has 2 N–H and O–H groups in total. The summed E-state index contributed by atoms with van der Waals surface area (Å²) in [6, 6.07) is 24.3. The van der Waals surface area contributed by atoms with E-state index in [4.69, 9.17) is 14.7 Å². The van der Waals surface area contributed by atoms with Crippen LogP contribution in [0, 0.1) is 0 Å². The summed E-state index contributed by atoms with van der Waals surface area (Å²) in [7, 11) is -2.39. The zero-order valence-electron chi connectivity index (χ0n) is 20.4. The van der Waals surface area contributed by atoms with Crippen LogP contribution in [-0.2, 0) is 27.5 Å². The molecule has 8 heteroatoms. The smallest absolute Gasteiger partial charge is 0.244 e. The molecule has 0 heterocycles. The Morgan fingerprint density at radius 3 is 2.14 bits per heavy atom. The van der Waals surface area contributed by atoms with E-state index in [0.29, 0.717) is 37.4 Å². The first kappa shape index (κ1) is 27.2. The second kappa shape index (κ2) is 13.7. The molecule has 1 unspecified atom stereocenters. The van der Waals surface area contributed by atoms with Crippen LogP contribution in [0.4, 0.5) is 0 Å². The molecule has 0 saturated heterocycles. The molecule has 0 aliphatic rings. The standard InChI is InChI=1S/C28H33NO6S/c1-34-26-17-16-25(20-27(26)35-19-18-23-12-6-3-7-13-23)36(32,33)24(21-28(30)29-31)15-9-8-14-22-10-4-2-5-11-22/h2-7,10-13,16-17,20,24,31H,8-9,14-15,18-19,21H2,1H3,(H,29,30). The van der Waals surface area contributed by atoms with Crippen molar-refractivity contribution < 1.29 is 27.9 Å². The maximum atomic E-state index is 13.5. The molecule has 1 atom stereocenters. The van der Waals surface area contributed by atoms with Crippen LogP contribution in [0.15, 0.2) is 83.8 Å². The van der Waals surface area contributed by atoms with Gasteiger partial charge in [-0.1, -0.05) is 67.1 Å². The molecule has 0 spiro atoms. The van der Waals surface area contributed by atoms with Gasteiger partial charge in [0, 0.05) is 18.9 Å². The largest absolute Gasteiger partial charge is 0.493 e. The van der Waals surface area contributed by atoms with Crippen LogP contribution >= 0.6 is 0 Å². The summed E-state index contributed by atoms with van der Waals surface area (Å²) in [5.41, 5.74) is 3.84. The summed E-state index contributed by atoms with van der Waals surface area (Å²) in [6.45, 7) is 0.347. The van der Waals surface area contributed by atoms with E-state index in [1.54, 1.807) is 11.5 Å². The second-order valence-corrected chi connectivity index (χ2v) is 10.8. The zero-order chi connectivity index (χ0) is 25.8. The first-order valence-electron chi connectivity index (χ1n) is 12.0. The van der Waals surface area contributed by atoms with E-state index >= 15 is 0 Å². The number of nitrogens with one attached hydrogen (secondary N) is 1. The number of carbonyl (C=O) groups is 1. The molecule has 0 saturated carbocycles. The van der Waals surface area contributed by atoms with Gasteiger partial charge in [-0.3, -0.25) is 10.0 Å². The normalized spacial score (nSPS) is 12.1. The van der Waals surface area contributed by atoms with Crippen molar-refractivity contribution in [2.45, 2.75) is 48.7 Å². The van der Waals surface area contributed by atoms with Crippen molar-refractivity contribution in [2.75, 3.05) is 13.7 Å². The topological polar surface area (TPSA) is 102 Å². The molecule has 0 aromatic heterocycles. The predicted molar refractivity (Wildman–Crippen MR) is 138 cm³/mol. The van der Waals surface area contributed by atoms with Crippen LogP contribution in [0.5, 0.6) is 11.5 Å². The van der Waals surface area contributed by atoms with Crippen LogP contribution < -0.4 is 15.0 Å². The van der Waals surface area contributed by atoms with Gasteiger partial charge < -0.3 is 9.47 Å². The van der Waals surface area contributed by atoms with Crippen molar-refractivity contribution in [1.29, 1.82) is 0 Å². The van der Waals surface area contributed by atoms with E-state index in [9.17, 15) is 13.2 Å². The highest BCUT2D eigenvalue weighted by Gasteiger charge is 2.30. The van der Waals surface area contributed by atoms with Crippen molar-refractivity contribution >= 4 is 15.7 Å². The fraction of sp³-hybridized carbons (Fsp3) is 0.321. The lowest BCUT2D eigenvalue weighted by Gasteiger charge is -2.18. The molecule has 1 amide bonds. The Balaban J connectivity index is 1.72. The van der Waals surface area contributed by atoms with Gasteiger partial charge in [-0.25, -0.2) is 13.9 Å². The Hall–Kier alpha value is -3.36. The fourth-order valence-electron chi connectivity index (χ4n) is 4.03. The van der Waals surface area contributed by atoms with Gasteiger partial charge >= 0.3 is 0 Å². The van der Waals surface area contributed by atoms with Gasteiger partial charge in [0.1, 0.15) is 0 Å². The number of carbonyl (C=O) groups excluding carboxylic acids is 1. The number of unbranched alkanes of at least 4 members (excludes halogenated alkanes) is 1. The summed E-state index contributed by atoms with van der Waals surface area (Å²) >= 11 is 0. The Morgan fingerprint density at radius 2 is 1.53 bits per heavy atom. The van der Waals surface area contributed by atoms with Gasteiger partial charge in [-0.05, 0) is 42.5 Å². The van der Waals surface area contributed by atoms with E-state index < -0.39 is 21.0 Å². The van der Waals surface area contributed by atoms with Gasteiger partial charge in [-0.15, -0.1) is 0 Å². The van der Waals surface area contributed by atoms with Crippen LogP contribution in [0.3, 0.4) is 0 Å². The number of amides is 1. The van der Waals surface area contributed by atoms with E-state index in [2.05, 4.69) is 0 Å². The monoisotopic (exact) mass is 511 g/mol. The van der Waals surface area contributed by atoms with Gasteiger partial charge in [-0.2, -0.15) is 0 Å². The maximum absolute atomic E-state index is 13.5. The lowest BCUT2D eigenvalue weighted by molar-refractivity contribution is -0.129. The van der Waals surface area contributed by atoms with Crippen LogP contribution in [-0.4, -0.2) is 38.5 Å². The number of rotatable bonds is 14. The van der Waals surface area contributed by atoms with E-state index in [1.165, 1.54) is 24.8 Å². The summed E-state index contributed by atoms with van der Waals surface area (Å²) in [6.07, 6.45) is 2.84. The van der Waals surface area contributed by atoms with Crippen molar-refractivity contribution in [3.63, 3.8) is 0 Å². The van der Waals surface area contributed by atoms with Gasteiger partial charge in [0.05, 0.1) is 23.9 Å². The predicted octanol–water partition coefficient (Wildman–Crippen LogP) is 4.77. The molecule has 192 valence electrons. The molecular formula is C28H33NO6S. The number of sulfone groups is 1. The van der Waals surface area contributed by atoms with Crippen molar-refractivity contribution in [3.8, 4) is 11.5 Å². The SMILES string of the molecule is COc1ccc(S(=O)(=O)C(CCCCc2ccccc2)CC(=O)NO)cc1OCCc1ccccc1. The van der Waals surface area contributed by atoms with E-state index in [-0.39, 0.29) is 11.3 Å². The number of hydroxylamine groups is 1. The Morgan fingerprint density at radius 1 is 0.889 bits per heavy atom. The third kappa shape index (κ3) is 7.83. The lowest BCUT2D eigenvalue weighted by atomic mass is 10.1. The van der Waals surface area contributed by atoms with Gasteiger partial charge in [0.25, 0.3) is 0 Å². The molecule has 3 aromatic carbocycles. The summed E-state index contributed by atoms with van der Waals surface area (Å²) in [5.74, 6) is 0.0120. The molecule has 36 heavy (non-hydrogen) atoms. The van der Waals surface area contributed by atoms with Crippen molar-refractivity contribution in [3.05, 3.63) is 90.0 Å². The van der Waals surface area contributed by atoms with Crippen LogP contribution in [0.25, 0.3) is 0 Å². The van der Waals surface area contributed by atoms with E-state index in [1.807, 2.05) is 60.7 Å². The quantitative estimate of drug-likeness (QED) is 0.184. The average Bonchev–Trinajstić information content (AvgIpc) is 2.91. The van der Waals surface area contributed by atoms with Gasteiger partial charge in [0.2, 0.25) is 5.91 Å². The lowest BCUT2D eigenvalue weighted by Crippen LogP contribution is -2.30. The Kier molecular flexibility index (Phi) is 10.3. The fourth-order valence-corrected chi connectivity index (χ4v) is 5.79. The zero-order valence-corrected chi connectivity index (χ0v) is 21.2. The van der Waals surface area contributed by atoms with E-state index in [0.717, 1.165) is 18.4 Å². The summed E-state index contributed by atoms with van der Waals surface area (Å²) < 4.78 is 38.3. The second-order valence-electron chi connectivity index (χ2n) is 8.53. The third-order valence-electron chi connectivity index (χ3n) is 6.02. The number of ether oxygens (including phenoxy) is 2. The highest BCUT2D eigenvalue weighted by molar-refractivity contribution is 7.92. The number of aryl methyl sites for hydroxylation is 1. The molecule has 3 aromatic rings. The van der Waals surface area contributed by atoms with Crippen LogP contribution in [0.1, 0.15) is 36.8 Å². The average molecular weight is 512 g/mol. The number of methoxy groups -OCH3 is 1. The number of hydrogen-bond donors (Lipinski definition) is 2. The summed E-state index contributed by atoms with van der Waals surface area (Å²) in [4.78, 5) is 12.0. The molecular weight excluding hydrogens is 478 g/mol. The molecule has 7 nitrogen and oxygen atoms in total. The van der Waals surface area contributed by atoms with Crippen molar-refractivity contribution in [2.24, 2.45) is 0 Å². The minimum absolute atomic E-state index is 0.0526. The maximum Gasteiger partial charge on any atom is 0.244 e. The third-order valence-corrected chi connectivity index (χ3v) is 8.21. The molecule has 0 radical (unpaired) electrons. The first-order chi connectivity index (χ1) is 17.4. The molecule has 0 bridgehead atoms. The first-order valence-corrected chi connectivity index (χ1v) is 13.5. The van der Waals surface area contributed by atoms with Gasteiger partial charge in [0.15, 0.2) is 21.3 Å². The van der Waals surface area contributed by atoms with Crippen LogP contribution in [0.2, 0.25) is 0 Å². The molecule has 3 rings (SSSR count). The minimum Gasteiger partial charge on any atom is -0.493 e. The molecule has 0 aliphatic carbocycles. The number of hydrogen-bond acceptors (Lipinski definition) is 6. The summed E-state index contributed by atoms with van der Waals surface area (Å²) in [5, 5.41) is 8.03. The number of benzene rings is 3. The minimum atomic E-state index is -3.88.